The molecule has 3 rings (SSSR count). The minimum atomic E-state index is -0.104. The fourth-order valence-electron chi connectivity index (χ4n) is 2.39. The van der Waals surface area contributed by atoms with E-state index in [4.69, 9.17) is 0 Å². The molecule has 0 fully saturated rings. The van der Waals surface area contributed by atoms with Crippen LogP contribution in [0.1, 0.15) is 28.7 Å². The number of amides is 1. The molecule has 1 amide bonds. The first kappa shape index (κ1) is 15.5. The number of rotatable bonds is 5. The Morgan fingerprint density at radius 2 is 2.30 bits per heavy atom. The van der Waals surface area contributed by atoms with Gasteiger partial charge in [-0.2, -0.15) is 10.2 Å². The van der Waals surface area contributed by atoms with E-state index in [1.165, 1.54) is 0 Å². The van der Waals surface area contributed by atoms with Crippen molar-refractivity contribution in [2.45, 2.75) is 26.9 Å². The Balaban J connectivity index is 1.73. The van der Waals surface area contributed by atoms with Gasteiger partial charge in [0.1, 0.15) is 0 Å². The van der Waals surface area contributed by atoms with Crippen molar-refractivity contribution in [1.82, 2.24) is 24.9 Å². The molecule has 0 aliphatic rings. The Morgan fingerprint density at radius 1 is 1.48 bits per heavy atom. The standard InChI is InChI=1S/C16H19N5OS/c1-4-21-10-12(11(2)19-21)9-20(3)16(22)14-8-13(17-18-14)15-6-5-7-23-15/h5-8,10H,4,9H2,1-3H3,(H,17,18). The Labute approximate surface area is 138 Å². The fourth-order valence-corrected chi connectivity index (χ4v) is 3.08. The SMILES string of the molecule is CCn1cc(CN(C)C(=O)c2cc(-c3cccs3)[nH]n2)c(C)n1. The van der Waals surface area contributed by atoms with Crippen LogP contribution in [0.2, 0.25) is 0 Å². The molecule has 0 aliphatic carbocycles. The van der Waals surface area contributed by atoms with Crippen molar-refractivity contribution in [3.05, 3.63) is 46.7 Å². The summed E-state index contributed by atoms with van der Waals surface area (Å²) < 4.78 is 1.88. The number of nitrogens with zero attached hydrogens (tertiary/aromatic N) is 4. The van der Waals surface area contributed by atoms with Gasteiger partial charge in [-0.3, -0.25) is 14.6 Å². The molecule has 0 aliphatic heterocycles. The molecule has 23 heavy (non-hydrogen) atoms. The predicted octanol–water partition coefficient (Wildman–Crippen LogP) is 2.94. The van der Waals surface area contributed by atoms with E-state index in [0.29, 0.717) is 12.2 Å². The first-order valence-electron chi connectivity index (χ1n) is 7.46. The van der Waals surface area contributed by atoms with E-state index in [1.807, 2.05) is 42.2 Å². The molecule has 0 saturated heterocycles. The Kier molecular flexibility index (Phi) is 4.29. The van der Waals surface area contributed by atoms with Crippen molar-refractivity contribution in [1.29, 1.82) is 0 Å². The molecule has 1 N–H and O–H groups in total. The van der Waals surface area contributed by atoms with Crippen molar-refractivity contribution in [2.75, 3.05) is 7.05 Å². The van der Waals surface area contributed by atoms with Gasteiger partial charge in [-0.1, -0.05) is 6.07 Å². The minimum Gasteiger partial charge on any atom is -0.336 e. The predicted molar refractivity (Wildman–Crippen MR) is 90.3 cm³/mol. The van der Waals surface area contributed by atoms with Crippen molar-refractivity contribution >= 4 is 17.2 Å². The zero-order valence-corrected chi connectivity index (χ0v) is 14.2. The number of carbonyl (C=O) groups excluding carboxylic acids is 1. The van der Waals surface area contributed by atoms with Gasteiger partial charge in [-0.05, 0) is 31.4 Å². The summed E-state index contributed by atoms with van der Waals surface area (Å²) in [7, 11) is 1.78. The van der Waals surface area contributed by atoms with Crippen LogP contribution in [0.25, 0.3) is 10.6 Å². The molecule has 0 atom stereocenters. The molecular weight excluding hydrogens is 310 g/mol. The number of aromatic nitrogens is 4. The maximum atomic E-state index is 12.5. The molecule has 0 radical (unpaired) electrons. The summed E-state index contributed by atoms with van der Waals surface area (Å²) in [4.78, 5) is 15.3. The highest BCUT2D eigenvalue weighted by atomic mass is 32.1. The van der Waals surface area contributed by atoms with Gasteiger partial charge in [0.2, 0.25) is 0 Å². The van der Waals surface area contributed by atoms with E-state index < -0.39 is 0 Å². The summed E-state index contributed by atoms with van der Waals surface area (Å²) in [6.07, 6.45) is 1.99. The second kappa shape index (κ2) is 6.37. The van der Waals surface area contributed by atoms with E-state index in [2.05, 4.69) is 15.3 Å². The third kappa shape index (κ3) is 3.19. The smallest absolute Gasteiger partial charge is 0.274 e. The maximum Gasteiger partial charge on any atom is 0.274 e. The van der Waals surface area contributed by atoms with E-state index in [9.17, 15) is 4.79 Å². The van der Waals surface area contributed by atoms with Crippen LogP contribution in [0.5, 0.6) is 0 Å². The Hall–Kier alpha value is -2.41. The highest BCUT2D eigenvalue weighted by molar-refractivity contribution is 7.13. The van der Waals surface area contributed by atoms with Crippen LogP contribution in [0, 0.1) is 6.92 Å². The molecule has 3 aromatic rings. The van der Waals surface area contributed by atoms with Crippen LogP contribution in [0.15, 0.2) is 29.8 Å². The maximum absolute atomic E-state index is 12.5. The molecule has 120 valence electrons. The molecule has 0 unspecified atom stereocenters. The number of carbonyl (C=O) groups is 1. The van der Waals surface area contributed by atoms with E-state index in [1.54, 1.807) is 29.4 Å². The summed E-state index contributed by atoms with van der Waals surface area (Å²) in [5.41, 5.74) is 3.30. The summed E-state index contributed by atoms with van der Waals surface area (Å²) in [6.45, 7) is 5.35. The number of aromatic amines is 1. The van der Waals surface area contributed by atoms with E-state index >= 15 is 0 Å². The highest BCUT2D eigenvalue weighted by Crippen LogP contribution is 2.23. The van der Waals surface area contributed by atoms with Gasteiger partial charge in [0.05, 0.1) is 16.3 Å². The molecule has 0 saturated carbocycles. The fraction of sp³-hybridized carbons (Fsp3) is 0.312. The average Bonchev–Trinajstić information content (AvgIpc) is 3.27. The van der Waals surface area contributed by atoms with Gasteiger partial charge in [0, 0.05) is 31.9 Å². The van der Waals surface area contributed by atoms with Crippen LogP contribution >= 0.6 is 11.3 Å². The first-order chi connectivity index (χ1) is 11.1. The van der Waals surface area contributed by atoms with Gasteiger partial charge in [0.15, 0.2) is 5.69 Å². The zero-order chi connectivity index (χ0) is 16.4. The van der Waals surface area contributed by atoms with Crippen LogP contribution in [-0.4, -0.2) is 37.8 Å². The lowest BCUT2D eigenvalue weighted by Gasteiger charge is -2.15. The Bertz CT molecular complexity index is 802. The third-order valence-corrected chi connectivity index (χ3v) is 4.61. The van der Waals surface area contributed by atoms with Crippen LogP contribution in [-0.2, 0) is 13.1 Å². The molecule has 7 heteroatoms. The summed E-state index contributed by atoms with van der Waals surface area (Å²) in [5.74, 6) is -0.104. The third-order valence-electron chi connectivity index (χ3n) is 3.71. The van der Waals surface area contributed by atoms with Gasteiger partial charge >= 0.3 is 0 Å². The lowest BCUT2D eigenvalue weighted by molar-refractivity contribution is 0.0779. The van der Waals surface area contributed by atoms with Crippen LogP contribution in [0.4, 0.5) is 0 Å². The molecule has 0 bridgehead atoms. The van der Waals surface area contributed by atoms with Crippen molar-refractivity contribution < 1.29 is 4.79 Å². The Morgan fingerprint density at radius 3 is 2.96 bits per heavy atom. The second-order valence-electron chi connectivity index (χ2n) is 5.40. The van der Waals surface area contributed by atoms with Gasteiger partial charge in [-0.15, -0.1) is 11.3 Å². The lowest BCUT2D eigenvalue weighted by atomic mass is 10.2. The lowest BCUT2D eigenvalue weighted by Crippen LogP contribution is -2.26. The van der Waals surface area contributed by atoms with Gasteiger partial charge in [0.25, 0.3) is 5.91 Å². The quantitative estimate of drug-likeness (QED) is 0.782. The number of aryl methyl sites for hydroxylation is 2. The van der Waals surface area contributed by atoms with Crippen LogP contribution < -0.4 is 0 Å². The molecule has 6 nitrogen and oxygen atoms in total. The number of hydrogen-bond donors (Lipinski definition) is 1. The van der Waals surface area contributed by atoms with E-state index in [0.717, 1.165) is 28.4 Å². The first-order valence-corrected chi connectivity index (χ1v) is 8.34. The number of nitrogens with one attached hydrogen (secondary N) is 1. The largest absolute Gasteiger partial charge is 0.336 e. The van der Waals surface area contributed by atoms with Crippen molar-refractivity contribution in [3.8, 4) is 10.6 Å². The minimum absolute atomic E-state index is 0.104. The van der Waals surface area contributed by atoms with Gasteiger partial charge < -0.3 is 4.90 Å². The van der Waals surface area contributed by atoms with E-state index in [-0.39, 0.29) is 5.91 Å². The average molecular weight is 329 g/mol. The highest BCUT2D eigenvalue weighted by Gasteiger charge is 2.18. The topological polar surface area (TPSA) is 66.8 Å². The molecular formula is C16H19N5OS. The summed E-state index contributed by atoms with van der Waals surface area (Å²) >= 11 is 1.61. The summed E-state index contributed by atoms with van der Waals surface area (Å²) in [5, 5.41) is 13.5. The van der Waals surface area contributed by atoms with Gasteiger partial charge in [-0.25, -0.2) is 0 Å². The number of H-pyrrole nitrogens is 1. The molecule has 0 aromatic carbocycles. The van der Waals surface area contributed by atoms with Crippen molar-refractivity contribution in [3.63, 3.8) is 0 Å². The summed E-state index contributed by atoms with van der Waals surface area (Å²) in [6, 6.07) is 5.77. The molecule has 0 spiro atoms. The number of hydrogen-bond acceptors (Lipinski definition) is 4. The number of thiophene rings is 1. The van der Waals surface area contributed by atoms with Crippen LogP contribution in [0.3, 0.4) is 0 Å². The second-order valence-corrected chi connectivity index (χ2v) is 6.35. The molecule has 3 heterocycles. The monoisotopic (exact) mass is 329 g/mol. The van der Waals surface area contributed by atoms with Crippen molar-refractivity contribution in [2.24, 2.45) is 0 Å². The zero-order valence-electron chi connectivity index (χ0n) is 13.4. The molecule has 3 aromatic heterocycles. The normalized spacial score (nSPS) is 10.9.